The number of hydrogen-bond acceptors (Lipinski definition) is 4. The van der Waals surface area contributed by atoms with Crippen LogP contribution in [0.5, 0.6) is 0 Å². The molecule has 6 heteroatoms. The minimum atomic E-state index is -0.396. The Labute approximate surface area is 151 Å². The minimum Gasteiger partial charge on any atom is -0.465 e. The fourth-order valence-corrected chi connectivity index (χ4v) is 3.07. The molecule has 26 heavy (non-hydrogen) atoms. The van der Waals surface area contributed by atoms with E-state index in [0.717, 1.165) is 23.4 Å². The molecule has 0 saturated carbocycles. The number of benzene rings is 1. The van der Waals surface area contributed by atoms with Crippen molar-refractivity contribution in [3.05, 3.63) is 65.1 Å². The number of nitrogens with zero attached hydrogens (tertiary/aromatic N) is 2. The second-order valence-electron chi connectivity index (χ2n) is 6.76. The molecule has 0 aliphatic rings. The highest BCUT2D eigenvalue weighted by Gasteiger charge is 2.29. The van der Waals surface area contributed by atoms with Gasteiger partial charge in [0.25, 0.3) is 0 Å². The molecule has 0 aliphatic heterocycles. The molecule has 0 fully saturated rings. The Hall–Kier alpha value is -3.33. The third kappa shape index (κ3) is 3.24. The van der Waals surface area contributed by atoms with E-state index in [1.807, 2.05) is 18.3 Å². The molecule has 6 nitrogen and oxygen atoms in total. The lowest BCUT2D eigenvalue weighted by Crippen LogP contribution is -2.22. The number of hydrogen-bond donors (Lipinski definition) is 2. The average Bonchev–Trinajstić information content (AvgIpc) is 3.30. The summed E-state index contributed by atoms with van der Waals surface area (Å²) in [4.78, 5) is 14.8. The number of aromatic nitrogens is 3. The first-order valence-corrected chi connectivity index (χ1v) is 8.26. The summed E-state index contributed by atoms with van der Waals surface area (Å²) in [5.41, 5.74) is 3.92. The second-order valence-corrected chi connectivity index (χ2v) is 6.76. The third-order valence-corrected chi connectivity index (χ3v) is 4.43. The predicted molar refractivity (Wildman–Crippen MR) is 97.6 cm³/mol. The van der Waals surface area contributed by atoms with Gasteiger partial charge in [-0.05, 0) is 30.7 Å². The van der Waals surface area contributed by atoms with Crippen LogP contribution in [0, 0.1) is 11.3 Å². The molecular weight excluding hydrogens is 328 g/mol. The van der Waals surface area contributed by atoms with Crippen molar-refractivity contribution in [3.63, 3.8) is 0 Å². The highest BCUT2D eigenvalue weighted by molar-refractivity contribution is 5.90. The van der Waals surface area contributed by atoms with Crippen molar-refractivity contribution in [2.24, 2.45) is 0 Å². The van der Waals surface area contributed by atoms with Gasteiger partial charge in [-0.1, -0.05) is 26.0 Å². The summed E-state index contributed by atoms with van der Waals surface area (Å²) in [6, 6.07) is 13.1. The van der Waals surface area contributed by atoms with Crippen molar-refractivity contribution >= 4 is 5.97 Å². The summed E-state index contributed by atoms with van der Waals surface area (Å²) < 4.78 is 4.71. The Bertz CT molecular complexity index is 945. The van der Waals surface area contributed by atoms with Crippen LogP contribution in [-0.4, -0.2) is 28.3 Å². The van der Waals surface area contributed by atoms with Crippen molar-refractivity contribution in [1.29, 1.82) is 5.26 Å². The van der Waals surface area contributed by atoms with Crippen molar-refractivity contribution in [2.45, 2.75) is 25.7 Å². The van der Waals surface area contributed by atoms with Crippen LogP contribution in [0.1, 0.15) is 41.2 Å². The van der Waals surface area contributed by atoms with Crippen LogP contribution in [0.2, 0.25) is 0 Å². The normalized spacial score (nSPS) is 11.2. The molecule has 3 aromatic rings. The van der Waals surface area contributed by atoms with E-state index in [1.165, 1.54) is 7.11 Å². The van der Waals surface area contributed by atoms with Crippen LogP contribution < -0.4 is 0 Å². The van der Waals surface area contributed by atoms with Gasteiger partial charge in [0, 0.05) is 22.9 Å². The number of carbonyl (C=O) groups is 1. The largest absolute Gasteiger partial charge is 0.465 e. The molecule has 2 N–H and O–H groups in total. The van der Waals surface area contributed by atoms with E-state index >= 15 is 0 Å². The number of carbonyl (C=O) groups excluding carboxylic acids is 1. The van der Waals surface area contributed by atoms with Gasteiger partial charge in [-0.2, -0.15) is 10.4 Å². The van der Waals surface area contributed by atoms with Crippen LogP contribution in [0.25, 0.3) is 11.3 Å². The van der Waals surface area contributed by atoms with E-state index in [4.69, 9.17) is 4.74 Å². The van der Waals surface area contributed by atoms with Gasteiger partial charge in [-0.3, -0.25) is 5.10 Å². The van der Waals surface area contributed by atoms with Gasteiger partial charge in [-0.25, -0.2) is 4.79 Å². The fourth-order valence-electron chi connectivity index (χ4n) is 3.07. The summed E-state index contributed by atoms with van der Waals surface area (Å²) in [7, 11) is 1.34. The molecule has 0 aliphatic carbocycles. The molecule has 132 valence electrons. The SMILES string of the molecule is COC(=O)c1ccc(-c2n[nH]c(C(C)(C)Cc3ccc[nH]3)c2C#N)cc1. The first-order valence-electron chi connectivity index (χ1n) is 8.26. The Balaban J connectivity index is 1.96. The highest BCUT2D eigenvalue weighted by atomic mass is 16.5. The predicted octanol–water partition coefficient (Wildman–Crippen LogP) is 3.58. The monoisotopic (exact) mass is 348 g/mol. The summed E-state index contributed by atoms with van der Waals surface area (Å²) in [5.74, 6) is -0.396. The van der Waals surface area contributed by atoms with E-state index in [0.29, 0.717) is 16.8 Å². The summed E-state index contributed by atoms with van der Waals surface area (Å²) in [6.45, 7) is 4.15. The average molecular weight is 348 g/mol. The molecular formula is C20H20N4O2. The Kier molecular flexibility index (Phi) is 4.63. The van der Waals surface area contributed by atoms with E-state index in [-0.39, 0.29) is 5.41 Å². The molecule has 0 unspecified atom stereocenters. The molecule has 2 heterocycles. The number of nitrogens with one attached hydrogen (secondary N) is 2. The topological polar surface area (TPSA) is 94.6 Å². The van der Waals surface area contributed by atoms with E-state index in [9.17, 15) is 10.1 Å². The van der Waals surface area contributed by atoms with Gasteiger partial charge in [0.05, 0.1) is 18.4 Å². The first kappa shape index (κ1) is 17.5. The molecule has 3 rings (SSSR count). The second kappa shape index (κ2) is 6.89. The fraction of sp³-hybridized carbons (Fsp3) is 0.250. The van der Waals surface area contributed by atoms with Crippen LogP contribution in [0.3, 0.4) is 0 Å². The number of esters is 1. The zero-order chi connectivity index (χ0) is 18.7. The van der Waals surface area contributed by atoms with Gasteiger partial charge in [0.2, 0.25) is 0 Å². The molecule has 2 aromatic heterocycles. The van der Waals surface area contributed by atoms with Crippen LogP contribution in [0.15, 0.2) is 42.6 Å². The van der Waals surface area contributed by atoms with Crippen molar-refractivity contribution in [1.82, 2.24) is 15.2 Å². The highest BCUT2D eigenvalue weighted by Crippen LogP contribution is 2.33. The van der Waals surface area contributed by atoms with Crippen molar-refractivity contribution in [2.75, 3.05) is 7.11 Å². The maximum Gasteiger partial charge on any atom is 0.337 e. The Morgan fingerprint density at radius 1 is 1.27 bits per heavy atom. The maximum atomic E-state index is 11.6. The molecule has 0 radical (unpaired) electrons. The summed E-state index contributed by atoms with van der Waals surface area (Å²) in [6.07, 6.45) is 2.63. The number of aromatic amines is 2. The van der Waals surface area contributed by atoms with Crippen molar-refractivity contribution in [3.8, 4) is 17.3 Å². The molecule has 1 aromatic carbocycles. The van der Waals surface area contributed by atoms with Gasteiger partial charge in [0.15, 0.2) is 0 Å². The van der Waals surface area contributed by atoms with Crippen LogP contribution >= 0.6 is 0 Å². The molecule has 0 atom stereocenters. The number of nitriles is 1. The minimum absolute atomic E-state index is 0.298. The van der Waals surface area contributed by atoms with E-state index in [1.54, 1.807) is 24.3 Å². The third-order valence-electron chi connectivity index (χ3n) is 4.43. The van der Waals surface area contributed by atoms with Crippen molar-refractivity contribution < 1.29 is 9.53 Å². The lowest BCUT2D eigenvalue weighted by Gasteiger charge is -2.23. The van der Waals surface area contributed by atoms with Gasteiger partial charge < -0.3 is 9.72 Å². The Morgan fingerprint density at radius 3 is 2.58 bits per heavy atom. The smallest absolute Gasteiger partial charge is 0.337 e. The zero-order valence-corrected chi connectivity index (χ0v) is 15.0. The molecule has 0 spiro atoms. The summed E-state index contributed by atoms with van der Waals surface area (Å²) in [5, 5.41) is 17.1. The number of H-pyrrole nitrogens is 2. The molecule has 0 amide bonds. The number of ether oxygens (including phenoxy) is 1. The van der Waals surface area contributed by atoms with Gasteiger partial charge in [-0.15, -0.1) is 0 Å². The first-order chi connectivity index (χ1) is 12.5. The number of methoxy groups -OCH3 is 1. The lowest BCUT2D eigenvalue weighted by molar-refractivity contribution is 0.0601. The molecule has 0 saturated heterocycles. The van der Waals surface area contributed by atoms with E-state index < -0.39 is 5.97 Å². The lowest BCUT2D eigenvalue weighted by atomic mass is 9.82. The number of rotatable bonds is 5. The quantitative estimate of drug-likeness (QED) is 0.689. The Morgan fingerprint density at radius 2 is 2.00 bits per heavy atom. The molecule has 0 bridgehead atoms. The van der Waals surface area contributed by atoms with E-state index in [2.05, 4.69) is 35.1 Å². The van der Waals surface area contributed by atoms with Crippen LogP contribution in [0.4, 0.5) is 0 Å². The maximum absolute atomic E-state index is 11.6. The standard InChI is InChI=1S/C20H20N4O2/c1-20(2,11-15-5-4-10-22-15)18-16(12-21)17(23-24-18)13-6-8-14(9-7-13)19(25)26-3/h4-10,22H,11H2,1-3H3,(H,23,24). The van der Waals surface area contributed by atoms with Crippen LogP contribution in [-0.2, 0) is 16.6 Å². The summed E-state index contributed by atoms with van der Waals surface area (Å²) >= 11 is 0. The van der Waals surface area contributed by atoms with Gasteiger partial charge in [0.1, 0.15) is 17.3 Å². The zero-order valence-electron chi connectivity index (χ0n) is 15.0. The van der Waals surface area contributed by atoms with Gasteiger partial charge >= 0.3 is 5.97 Å².